The molecule has 9 heteroatoms. The molecule has 0 saturated carbocycles. The lowest BCUT2D eigenvalue weighted by Crippen LogP contribution is -2.50. The van der Waals surface area contributed by atoms with Crippen molar-refractivity contribution in [3.8, 4) is 0 Å². The number of nitrogens with one attached hydrogen (secondary N) is 1. The highest BCUT2D eigenvalue weighted by Crippen LogP contribution is 2.21. The second-order valence-electron chi connectivity index (χ2n) is 6.97. The molecule has 27 heavy (non-hydrogen) atoms. The number of nitrogens with zero attached hydrogens (tertiary/aromatic N) is 2. The van der Waals surface area contributed by atoms with Gasteiger partial charge in [0.1, 0.15) is 5.82 Å². The molecule has 0 aromatic heterocycles. The van der Waals surface area contributed by atoms with Crippen molar-refractivity contribution in [1.82, 2.24) is 14.5 Å². The van der Waals surface area contributed by atoms with Crippen LogP contribution in [-0.4, -0.2) is 62.8 Å². The van der Waals surface area contributed by atoms with Gasteiger partial charge in [0.15, 0.2) is 0 Å². The van der Waals surface area contributed by atoms with Gasteiger partial charge in [-0.3, -0.25) is 4.79 Å². The number of rotatable bonds is 5. The lowest BCUT2D eigenvalue weighted by atomic mass is 9.93. The van der Waals surface area contributed by atoms with Crippen molar-refractivity contribution in [3.05, 3.63) is 30.1 Å². The van der Waals surface area contributed by atoms with Crippen LogP contribution in [0.15, 0.2) is 29.2 Å². The fourth-order valence-corrected chi connectivity index (χ4v) is 5.01. The van der Waals surface area contributed by atoms with Crippen LogP contribution in [-0.2, 0) is 14.8 Å². The van der Waals surface area contributed by atoms with E-state index in [-0.39, 0.29) is 36.3 Å². The monoisotopic (exact) mass is 419 g/mol. The molecule has 2 aliphatic rings. The number of amides is 1. The highest BCUT2D eigenvalue weighted by Gasteiger charge is 2.30. The summed E-state index contributed by atoms with van der Waals surface area (Å²) in [4.78, 5) is 14.3. The number of carbonyl (C=O) groups excluding carboxylic acids is 1. The van der Waals surface area contributed by atoms with Crippen LogP contribution < -0.4 is 5.32 Å². The maximum Gasteiger partial charge on any atom is 0.243 e. The Morgan fingerprint density at radius 2 is 1.67 bits per heavy atom. The molecule has 3 rings (SSSR count). The van der Waals surface area contributed by atoms with E-state index >= 15 is 0 Å². The second kappa shape index (κ2) is 9.82. The minimum atomic E-state index is -3.64. The van der Waals surface area contributed by atoms with Crippen molar-refractivity contribution in [2.75, 3.05) is 39.3 Å². The molecular formula is C18H27ClFN3O3S. The molecule has 6 nitrogen and oxygen atoms in total. The average Bonchev–Trinajstić information content (AvgIpc) is 2.67. The normalized spacial score (nSPS) is 19.5. The summed E-state index contributed by atoms with van der Waals surface area (Å²) in [5.41, 5.74) is 0. The molecule has 0 spiro atoms. The van der Waals surface area contributed by atoms with Gasteiger partial charge < -0.3 is 10.2 Å². The second-order valence-corrected chi connectivity index (χ2v) is 8.91. The first-order valence-electron chi connectivity index (χ1n) is 9.21. The van der Waals surface area contributed by atoms with Gasteiger partial charge in [-0.05, 0) is 62.5 Å². The number of hydrogen-bond donors (Lipinski definition) is 1. The lowest BCUT2D eigenvalue weighted by molar-refractivity contribution is -0.132. The molecule has 2 saturated heterocycles. The van der Waals surface area contributed by atoms with Crippen molar-refractivity contribution < 1.29 is 17.6 Å². The van der Waals surface area contributed by atoms with Gasteiger partial charge in [0, 0.05) is 32.6 Å². The molecule has 0 unspecified atom stereocenters. The highest BCUT2D eigenvalue weighted by molar-refractivity contribution is 7.89. The fourth-order valence-electron chi connectivity index (χ4n) is 3.59. The summed E-state index contributed by atoms with van der Waals surface area (Å²) >= 11 is 0. The molecule has 0 bridgehead atoms. The SMILES string of the molecule is Cl.O=C(CCC1CCNCC1)N1CCN(S(=O)(=O)c2ccc(F)cc2)CC1. The summed E-state index contributed by atoms with van der Waals surface area (Å²) in [7, 11) is -3.64. The van der Waals surface area contributed by atoms with Gasteiger partial charge in [-0.15, -0.1) is 12.4 Å². The van der Waals surface area contributed by atoms with Gasteiger partial charge in [-0.1, -0.05) is 0 Å². The van der Waals surface area contributed by atoms with E-state index in [1.54, 1.807) is 4.90 Å². The number of piperazine rings is 1. The van der Waals surface area contributed by atoms with Crippen LogP contribution in [0.2, 0.25) is 0 Å². The number of piperidine rings is 1. The summed E-state index contributed by atoms with van der Waals surface area (Å²) in [6, 6.07) is 4.85. The van der Waals surface area contributed by atoms with Gasteiger partial charge >= 0.3 is 0 Å². The van der Waals surface area contributed by atoms with Gasteiger partial charge in [0.25, 0.3) is 0 Å². The molecule has 152 valence electrons. The quantitative estimate of drug-likeness (QED) is 0.790. The van der Waals surface area contributed by atoms with E-state index in [1.165, 1.54) is 16.4 Å². The van der Waals surface area contributed by atoms with Crippen LogP contribution in [0.4, 0.5) is 4.39 Å². The Labute approximate surface area is 166 Å². The van der Waals surface area contributed by atoms with Crippen molar-refractivity contribution >= 4 is 28.3 Å². The van der Waals surface area contributed by atoms with E-state index in [9.17, 15) is 17.6 Å². The first-order chi connectivity index (χ1) is 12.5. The molecule has 1 aromatic rings. The maximum atomic E-state index is 13.0. The Balaban J connectivity index is 0.00000261. The summed E-state index contributed by atoms with van der Waals surface area (Å²) in [5, 5.41) is 3.32. The predicted octanol–water partition coefficient (Wildman–Crippen LogP) is 1.86. The summed E-state index contributed by atoms with van der Waals surface area (Å²) in [6.45, 7) is 3.42. The topological polar surface area (TPSA) is 69.7 Å². The van der Waals surface area contributed by atoms with E-state index in [2.05, 4.69) is 5.32 Å². The zero-order valence-corrected chi connectivity index (χ0v) is 16.9. The number of sulfonamides is 1. The first-order valence-corrected chi connectivity index (χ1v) is 10.6. The molecule has 1 aromatic carbocycles. The van der Waals surface area contributed by atoms with Crippen molar-refractivity contribution in [3.63, 3.8) is 0 Å². The number of carbonyl (C=O) groups is 1. The Morgan fingerprint density at radius 1 is 1.07 bits per heavy atom. The smallest absolute Gasteiger partial charge is 0.243 e. The molecule has 0 atom stereocenters. The van der Waals surface area contributed by atoms with Crippen molar-refractivity contribution in [2.24, 2.45) is 5.92 Å². The van der Waals surface area contributed by atoms with Crippen LogP contribution in [0.5, 0.6) is 0 Å². The third kappa shape index (κ3) is 5.63. The lowest BCUT2D eigenvalue weighted by Gasteiger charge is -2.34. The summed E-state index contributed by atoms with van der Waals surface area (Å²) < 4.78 is 39.6. The summed E-state index contributed by atoms with van der Waals surface area (Å²) in [5.74, 6) is 0.260. The molecule has 0 aliphatic carbocycles. The van der Waals surface area contributed by atoms with Gasteiger partial charge in [-0.2, -0.15) is 4.31 Å². The van der Waals surface area contributed by atoms with Crippen LogP contribution in [0.1, 0.15) is 25.7 Å². The Hall–Kier alpha value is -1.22. The number of halogens is 2. The van der Waals surface area contributed by atoms with Gasteiger partial charge in [-0.25, -0.2) is 12.8 Å². The minimum absolute atomic E-state index is 0. The standard InChI is InChI=1S/C18H26FN3O3S.ClH/c19-16-2-4-17(5-3-16)26(24,25)22-13-11-21(12-14-22)18(23)6-1-15-7-9-20-10-8-15;/h2-5,15,20H,1,6-14H2;1H. The van der Waals surface area contributed by atoms with E-state index in [0.29, 0.717) is 25.4 Å². The minimum Gasteiger partial charge on any atom is -0.340 e. The third-order valence-corrected chi connectivity index (χ3v) is 7.18. The molecule has 2 aliphatic heterocycles. The molecule has 2 fully saturated rings. The van der Waals surface area contributed by atoms with Crippen LogP contribution >= 0.6 is 12.4 Å². The van der Waals surface area contributed by atoms with E-state index < -0.39 is 15.8 Å². The average molecular weight is 420 g/mol. The zero-order chi connectivity index (χ0) is 18.6. The van der Waals surface area contributed by atoms with E-state index in [0.717, 1.165) is 44.5 Å². The number of hydrogen-bond acceptors (Lipinski definition) is 4. The molecular weight excluding hydrogens is 393 g/mol. The van der Waals surface area contributed by atoms with Crippen LogP contribution in [0.3, 0.4) is 0 Å². The molecule has 2 heterocycles. The molecule has 1 amide bonds. The molecule has 0 radical (unpaired) electrons. The maximum absolute atomic E-state index is 13.0. The van der Waals surface area contributed by atoms with Crippen molar-refractivity contribution in [2.45, 2.75) is 30.6 Å². The fraction of sp³-hybridized carbons (Fsp3) is 0.611. The zero-order valence-electron chi connectivity index (χ0n) is 15.3. The van der Waals surface area contributed by atoms with Gasteiger partial charge in [0.05, 0.1) is 4.90 Å². The highest BCUT2D eigenvalue weighted by atomic mass is 35.5. The van der Waals surface area contributed by atoms with E-state index in [1.807, 2.05) is 0 Å². The third-order valence-electron chi connectivity index (χ3n) is 5.27. The first kappa shape index (κ1) is 22.1. The Kier molecular flexibility index (Phi) is 8.03. The predicted molar refractivity (Wildman–Crippen MR) is 104 cm³/mol. The van der Waals surface area contributed by atoms with Crippen molar-refractivity contribution in [1.29, 1.82) is 0 Å². The van der Waals surface area contributed by atoms with Gasteiger partial charge in [0.2, 0.25) is 15.9 Å². The largest absolute Gasteiger partial charge is 0.340 e. The summed E-state index contributed by atoms with van der Waals surface area (Å²) in [6.07, 6.45) is 3.69. The van der Waals surface area contributed by atoms with E-state index in [4.69, 9.17) is 0 Å². The van der Waals surface area contributed by atoms with Crippen LogP contribution in [0, 0.1) is 11.7 Å². The molecule has 1 N–H and O–H groups in total. The number of benzene rings is 1. The van der Waals surface area contributed by atoms with Crippen LogP contribution in [0.25, 0.3) is 0 Å². The Morgan fingerprint density at radius 3 is 2.26 bits per heavy atom. The Bertz CT molecular complexity index is 716.